The van der Waals surface area contributed by atoms with Gasteiger partial charge in [0.05, 0.1) is 7.05 Å². The molecule has 5 heteroatoms. The van der Waals surface area contributed by atoms with Crippen molar-refractivity contribution in [1.82, 2.24) is 4.57 Å². The quantitative estimate of drug-likeness (QED) is 0.245. The molecule has 1 aromatic heterocycles. The molecule has 0 spiro atoms. The summed E-state index contributed by atoms with van der Waals surface area (Å²) >= 11 is 0. The van der Waals surface area contributed by atoms with Crippen LogP contribution in [0.2, 0.25) is 0 Å². The van der Waals surface area contributed by atoms with Crippen molar-refractivity contribution in [1.29, 1.82) is 0 Å². The fourth-order valence-electron chi connectivity index (χ4n) is 3.42. The Kier molecular flexibility index (Phi) is 4.84. The number of ketones is 2. The maximum Gasteiger partial charge on any atom is 0.245 e. The Morgan fingerprint density at radius 1 is 1.04 bits per heavy atom. The van der Waals surface area contributed by atoms with Crippen molar-refractivity contribution < 1.29 is 38.1 Å². The SMILES string of the molecule is CC(C)=CCn1c[n+](C)c2c1C(=O)c1cc3ccccc3cc1C2=O.[I-]. The molecule has 1 heterocycles. The second kappa shape index (κ2) is 6.79. The number of fused-ring (bicyclic) bond motifs is 3. The number of halogens is 1. The number of imidazole rings is 1. The molecule has 0 N–H and O–H groups in total. The second-order valence-corrected chi connectivity index (χ2v) is 6.76. The first kappa shape index (κ1) is 18.5. The number of nitrogens with zero attached hydrogens (tertiary/aromatic N) is 2. The number of allylic oxidation sites excluding steroid dienone is 2. The minimum atomic E-state index is -0.0891. The highest BCUT2D eigenvalue weighted by atomic mass is 127. The van der Waals surface area contributed by atoms with Crippen LogP contribution in [0.25, 0.3) is 10.8 Å². The number of carbonyl (C=O) groups is 2. The van der Waals surface area contributed by atoms with Gasteiger partial charge in [-0.2, -0.15) is 0 Å². The topological polar surface area (TPSA) is 43.0 Å². The molecule has 26 heavy (non-hydrogen) atoms. The minimum Gasteiger partial charge on any atom is -1.00 e. The first-order valence-corrected chi connectivity index (χ1v) is 8.31. The van der Waals surface area contributed by atoms with Crippen LogP contribution in [0.5, 0.6) is 0 Å². The van der Waals surface area contributed by atoms with Crippen molar-refractivity contribution in [3.05, 3.63) is 76.9 Å². The summed E-state index contributed by atoms with van der Waals surface area (Å²) in [6.45, 7) is 4.61. The third-order valence-electron chi connectivity index (χ3n) is 4.68. The molecule has 3 aromatic rings. The van der Waals surface area contributed by atoms with Gasteiger partial charge < -0.3 is 24.0 Å². The number of aromatic nitrogens is 2. The standard InChI is InChI=1S/C21H19N2O2.HI/c1-13(2)8-9-23-12-22(3)18-19(23)21(25)17-11-15-7-5-4-6-14(15)10-16(17)20(18)24;/h4-8,10-12H,9H2,1-3H3;1H/q+1;/p-1. The summed E-state index contributed by atoms with van der Waals surface area (Å²) in [6.07, 6.45) is 3.87. The van der Waals surface area contributed by atoms with Gasteiger partial charge in [-0.25, -0.2) is 9.13 Å². The number of hydrogen-bond acceptors (Lipinski definition) is 2. The van der Waals surface area contributed by atoms with E-state index < -0.39 is 0 Å². The summed E-state index contributed by atoms with van der Waals surface area (Å²) in [5.41, 5.74) is 3.11. The lowest BCUT2D eigenvalue weighted by Crippen LogP contribution is -3.00. The van der Waals surface area contributed by atoms with Crippen LogP contribution in [0.4, 0.5) is 0 Å². The number of aryl methyl sites for hydroxylation is 1. The van der Waals surface area contributed by atoms with Gasteiger partial charge in [-0.15, -0.1) is 0 Å². The summed E-state index contributed by atoms with van der Waals surface area (Å²) in [5, 5.41) is 1.94. The smallest absolute Gasteiger partial charge is 0.245 e. The van der Waals surface area contributed by atoms with E-state index in [1.165, 1.54) is 5.57 Å². The zero-order valence-corrected chi connectivity index (χ0v) is 17.1. The van der Waals surface area contributed by atoms with E-state index in [2.05, 4.69) is 0 Å². The Balaban J connectivity index is 0.00000196. The largest absolute Gasteiger partial charge is 1.00 e. The predicted molar refractivity (Wildman–Crippen MR) is 95.9 cm³/mol. The van der Waals surface area contributed by atoms with Gasteiger partial charge in [0.2, 0.25) is 29.3 Å². The Morgan fingerprint density at radius 3 is 2.19 bits per heavy atom. The summed E-state index contributed by atoms with van der Waals surface area (Å²) in [7, 11) is 1.81. The number of carbonyl (C=O) groups excluding carboxylic acids is 2. The van der Waals surface area contributed by atoms with Crippen molar-refractivity contribution in [3.8, 4) is 0 Å². The molecule has 0 aliphatic heterocycles. The molecule has 4 rings (SSSR count). The second-order valence-electron chi connectivity index (χ2n) is 6.76. The lowest BCUT2D eigenvalue weighted by molar-refractivity contribution is -0.672. The summed E-state index contributed by atoms with van der Waals surface area (Å²) in [5.74, 6) is -0.174. The zero-order chi connectivity index (χ0) is 17.7. The molecule has 132 valence electrons. The summed E-state index contributed by atoms with van der Waals surface area (Å²) < 4.78 is 3.62. The van der Waals surface area contributed by atoms with Gasteiger partial charge in [0, 0.05) is 11.1 Å². The van der Waals surface area contributed by atoms with Crippen molar-refractivity contribution >= 4 is 22.3 Å². The first-order chi connectivity index (χ1) is 12.0. The normalized spacial score (nSPS) is 12.4. The van der Waals surface area contributed by atoms with Gasteiger partial charge in [-0.1, -0.05) is 29.8 Å². The van der Waals surface area contributed by atoms with E-state index in [1.807, 2.05) is 74.3 Å². The maximum atomic E-state index is 13.2. The Morgan fingerprint density at radius 2 is 1.62 bits per heavy atom. The molecule has 0 bridgehead atoms. The summed E-state index contributed by atoms with van der Waals surface area (Å²) in [6, 6.07) is 11.5. The Bertz CT molecular complexity index is 1090. The van der Waals surface area contributed by atoms with Crippen LogP contribution in [0.15, 0.2) is 54.4 Å². The highest BCUT2D eigenvalue weighted by Gasteiger charge is 2.40. The van der Waals surface area contributed by atoms with Crippen LogP contribution in [0.3, 0.4) is 0 Å². The lowest BCUT2D eigenvalue weighted by atomic mass is 9.87. The molecule has 0 radical (unpaired) electrons. The molecule has 2 aromatic carbocycles. The first-order valence-electron chi connectivity index (χ1n) is 8.31. The highest BCUT2D eigenvalue weighted by Crippen LogP contribution is 2.29. The number of rotatable bonds is 2. The van der Waals surface area contributed by atoms with E-state index in [9.17, 15) is 9.59 Å². The van der Waals surface area contributed by atoms with Gasteiger partial charge in [-0.3, -0.25) is 9.59 Å². The molecular weight excluding hydrogens is 439 g/mol. The third-order valence-corrected chi connectivity index (χ3v) is 4.68. The molecule has 4 nitrogen and oxygen atoms in total. The van der Waals surface area contributed by atoms with Crippen LogP contribution in [0, 0.1) is 0 Å². The number of benzene rings is 2. The molecule has 0 amide bonds. The maximum absolute atomic E-state index is 13.2. The fraction of sp³-hybridized carbons (Fsp3) is 0.190. The van der Waals surface area contributed by atoms with Crippen molar-refractivity contribution in [3.63, 3.8) is 0 Å². The van der Waals surface area contributed by atoms with Gasteiger partial charge >= 0.3 is 0 Å². The minimum absolute atomic E-state index is 0. The van der Waals surface area contributed by atoms with Crippen molar-refractivity contribution in [2.45, 2.75) is 20.4 Å². The van der Waals surface area contributed by atoms with E-state index in [4.69, 9.17) is 0 Å². The molecular formula is C21H19IN2O2. The van der Waals surface area contributed by atoms with Gasteiger partial charge in [0.25, 0.3) is 0 Å². The molecule has 0 saturated carbocycles. The van der Waals surface area contributed by atoms with Crippen molar-refractivity contribution in [2.75, 3.05) is 0 Å². The van der Waals surface area contributed by atoms with Crippen LogP contribution in [-0.2, 0) is 13.6 Å². The van der Waals surface area contributed by atoms with E-state index in [1.54, 1.807) is 4.57 Å². The van der Waals surface area contributed by atoms with E-state index >= 15 is 0 Å². The molecule has 1 aliphatic carbocycles. The van der Waals surface area contributed by atoms with E-state index in [0.29, 0.717) is 29.1 Å². The lowest BCUT2D eigenvalue weighted by Gasteiger charge is -2.14. The summed E-state index contributed by atoms with van der Waals surface area (Å²) in [4.78, 5) is 26.2. The van der Waals surface area contributed by atoms with Crippen molar-refractivity contribution in [2.24, 2.45) is 7.05 Å². The van der Waals surface area contributed by atoms with Gasteiger partial charge in [-0.05, 0) is 42.8 Å². The molecule has 0 saturated heterocycles. The molecule has 0 unspecified atom stereocenters. The average Bonchev–Trinajstić information content (AvgIpc) is 2.93. The van der Waals surface area contributed by atoms with Crippen LogP contribution in [-0.4, -0.2) is 16.1 Å². The Hall–Kier alpha value is -2.28. The number of hydrogen-bond donors (Lipinski definition) is 0. The predicted octanol–water partition coefficient (Wildman–Crippen LogP) is 0.211. The van der Waals surface area contributed by atoms with Crippen LogP contribution >= 0.6 is 0 Å². The van der Waals surface area contributed by atoms with E-state index in [0.717, 1.165) is 10.8 Å². The average molecular weight is 458 g/mol. The van der Waals surface area contributed by atoms with Crippen LogP contribution in [0.1, 0.15) is 46.0 Å². The third kappa shape index (κ3) is 2.80. The Labute approximate surface area is 169 Å². The van der Waals surface area contributed by atoms with Crippen LogP contribution < -0.4 is 28.5 Å². The van der Waals surface area contributed by atoms with E-state index in [-0.39, 0.29) is 35.5 Å². The molecule has 1 aliphatic rings. The van der Waals surface area contributed by atoms with Gasteiger partial charge in [0.15, 0.2) is 0 Å². The van der Waals surface area contributed by atoms with Gasteiger partial charge in [0.1, 0.15) is 6.54 Å². The molecule has 0 atom stereocenters. The fourth-order valence-corrected chi connectivity index (χ4v) is 3.42. The monoisotopic (exact) mass is 458 g/mol. The zero-order valence-electron chi connectivity index (χ0n) is 14.9. The highest BCUT2D eigenvalue weighted by molar-refractivity contribution is 6.27. The molecule has 0 fully saturated rings.